The van der Waals surface area contributed by atoms with Crippen molar-refractivity contribution < 1.29 is 23.1 Å². The first-order valence-corrected chi connectivity index (χ1v) is 11.1. The van der Waals surface area contributed by atoms with Gasteiger partial charge in [-0.25, -0.2) is 4.98 Å². The van der Waals surface area contributed by atoms with Crippen molar-refractivity contribution in [2.75, 3.05) is 25.0 Å². The van der Waals surface area contributed by atoms with E-state index in [1.54, 1.807) is 0 Å². The number of aliphatic hydroxyl groups is 1. The van der Waals surface area contributed by atoms with Crippen LogP contribution < -0.4 is 10.6 Å². The number of fused-ring (bicyclic) bond motifs is 1. The Morgan fingerprint density at radius 2 is 2.03 bits per heavy atom. The van der Waals surface area contributed by atoms with Crippen LogP contribution in [0.3, 0.4) is 0 Å². The number of anilines is 1. The van der Waals surface area contributed by atoms with Crippen molar-refractivity contribution in [1.82, 2.24) is 25.4 Å². The van der Waals surface area contributed by atoms with Crippen molar-refractivity contribution in [2.24, 2.45) is 5.92 Å². The maximum atomic E-state index is 12.9. The molecule has 11 heteroatoms. The van der Waals surface area contributed by atoms with Crippen LogP contribution in [0.15, 0.2) is 12.3 Å². The summed E-state index contributed by atoms with van der Waals surface area (Å²) in [5.41, 5.74) is -0.650. The molecule has 1 saturated heterocycles. The number of carbonyl (C=O) groups is 1. The number of hydrogen-bond donors (Lipinski definition) is 4. The largest absolute Gasteiger partial charge is 0.417 e. The van der Waals surface area contributed by atoms with Crippen LogP contribution in [0.5, 0.6) is 0 Å². The highest BCUT2D eigenvalue weighted by Crippen LogP contribution is 2.33. The molecule has 2 aliphatic rings. The van der Waals surface area contributed by atoms with Gasteiger partial charge in [-0.15, -0.1) is 0 Å². The molecular weight excluding hydrogens is 425 g/mol. The molecule has 3 heterocycles. The van der Waals surface area contributed by atoms with Gasteiger partial charge in [0.15, 0.2) is 11.5 Å². The van der Waals surface area contributed by atoms with Gasteiger partial charge in [-0.05, 0) is 44.1 Å². The number of aromatic amines is 1. The Bertz CT molecular complexity index is 935. The standard InChI is InChI=1S/C21H29F3N6O2/c1-2-17(31)12-3-5-15(6-4-12)30-10-14(11-30)27-18(32)9-26-20-16-7-13(21(22,23)24)8-25-19(16)28-29-20/h7-8,12,14-15,17,31H,2-6,9-11H2,1H3,(H,27,32)(H2,25,26,28,29)/t12-,15-,17?. The van der Waals surface area contributed by atoms with Gasteiger partial charge in [0.25, 0.3) is 0 Å². The van der Waals surface area contributed by atoms with E-state index < -0.39 is 11.7 Å². The third kappa shape index (κ3) is 4.98. The molecule has 1 amide bonds. The van der Waals surface area contributed by atoms with Crippen LogP contribution in [0, 0.1) is 5.92 Å². The molecule has 2 aromatic rings. The van der Waals surface area contributed by atoms with Gasteiger partial charge in [0.1, 0.15) is 0 Å². The lowest BCUT2D eigenvalue weighted by Crippen LogP contribution is -2.63. The summed E-state index contributed by atoms with van der Waals surface area (Å²) in [6.45, 7) is 3.51. The summed E-state index contributed by atoms with van der Waals surface area (Å²) in [5.74, 6) is 0.329. The number of aromatic nitrogens is 3. The molecule has 1 unspecified atom stereocenters. The molecule has 0 spiro atoms. The van der Waals surface area contributed by atoms with Gasteiger partial charge >= 0.3 is 6.18 Å². The van der Waals surface area contributed by atoms with Gasteiger partial charge in [0.05, 0.1) is 29.6 Å². The van der Waals surface area contributed by atoms with Crippen molar-refractivity contribution in [3.8, 4) is 0 Å². The predicted octanol–water partition coefficient (Wildman–Crippen LogP) is 2.52. The molecule has 1 aliphatic carbocycles. The minimum absolute atomic E-state index is 0.0673. The zero-order valence-corrected chi connectivity index (χ0v) is 18.0. The summed E-state index contributed by atoms with van der Waals surface area (Å²) < 4.78 is 38.8. The molecule has 1 aliphatic heterocycles. The molecule has 4 rings (SSSR count). The summed E-state index contributed by atoms with van der Waals surface area (Å²) in [7, 11) is 0. The SMILES string of the molecule is CCC(O)[C@H]1CC[C@H](N2CC(NC(=O)CNc3n[nH]c4ncc(C(F)(F)F)cc34)C2)CC1. The number of pyridine rings is 1. The number of halogens is 3. The second-order valence-corrected chi connectivity index (χ2v) is 8.81. The number of likely N-dealkylation sites (tertiary alicyclic amines) is 1. The lowest BCUT2D eigenvalue weighted by atomic mass is 9.80. The van der Waals surface area contributed by atoms with Gasteiger partial charge in [-0.3, -0.25) is 14.8 Å². The quantitative estimate of drug-likeness (QED) is 0.512. The number of aliphatic hydroxyl groups excluding tert-OH is 1. The minimum atomic E-state index is -4.50. The van der Waals surface area contributed by atoms with Crippen LogP contribution in [-0.2, 0) is 11.0 Å². The highest BCUT2D eigenvalue weighted by atomic mass is 19.4. The molecule has 8 nitrogen and oxygen atoms in total. The lowest BCUT2D eigenvalue weighted by Gasteiger charge is -2.47. The van der Waals surface area contributed by atoms with E-state index in [-0.39, 0.29) is 41.4 Å². The Morgan fingerprint density at radius 1 is 1.31 bits per heavy atom. The number of carbonyl (C=O) groups excluding carboxylic acids is 1. The fourth-order valence-corrected chi connectivity index (χ4v) is 4.72. The predicted molar refractivity (Wildman–Crippen MR) is 113 cm³/mol. The average Bonchev–Trinajstić information content (AvgIpc) is 3.16. The smallest absolute Gasteiger partial charge is 0.393 e. The fourth-order valence-electron chi connectivity index (χ4n) is 4.72. The van der Waals surface area contributed by atoms with E-state index >= 15 is 0 Å². The van der Waals surface area contributed by atoms with E-state index in [2.05, 4.69) is 30.7 Å². The van der Waals surface area contributed by atoms with Crippen molar-refractivity contribution in [1.29, 1.82) is 0 Å². The summed E-state index contributed by atoms with van der Waals surface area (Å²) in [4.78, 5) is 18.4. The van der Waals surface area contributed by atoms with Gasteiger partial charge < -0.3 is 15.7 Å². The van der Waals surface area contributed by atoms with E-state index in [4.69, 9.17) is 0 Å². The van der Waals surface area contributed by atoms with Crippen molar-refractivity contribution in [2.45, 2.75) is 63.4 Å². The highest BCUT2D eigenvalue weighted by Gasteiger charge is 2.36. The van der Waals surface area contributed by atoms with E-state index in [0.717, 1.165) is 57.5 Å². The number of nitrogens with zero attached hydrogens (tertiary/aromatic N) is 3. The maximum Gasteiger partial charge on any atom is 0.417 e. The zero-order valence-electron chi connectivity index (χ0n) is 18.0. The van der Waals surface area contributed by atoms with E-state index in [1.807, 2.05) is 6.92 Å². The molecule has 2 aromatic heterocycles. The third-order valence-electron chi connectivity index (χ3n) is 6.66. The van der Waals surface area contributed by atoms with Crippen LogP contribution in [0.1, 0.15) is 44.6 Å². The number of hydrogen-bond acceptors (Lipinski definition) is 6. The second kappa shape index (κ2) is 9.22. The van der Waals surface area contributed by atoms with Crippen LogP contribution >= 0.6 is 0 Å². The van der Waals surface area contributed by atoms with Crippen LogP contribution in [0.2, 0.25) is 0 Å². The summed E-state index contributed by atoms with van der Waals surface area (Å²) in [6.07, 6.45) is 1.08. The van der Waals surface area contributed by atoms with Gasteiger partial charge in [0, 0.05) is 25.3 Å². The molecule has 2 fully saturated rings. The zero-order chi connectivity index (χ0) is 22.9. The average molecular weight is 454 g/mol. The first-order valence-electron chi connectivity index (χ1n) is 11.1. The van der Waals surface area contributed by atoms with Crippen molar-refractivity contribution >= 4 is 22.8 Å². The number of nitrogens with one attached hydrogen (secondary N) is 3. The lowest BCUT2D eigenvalue weighted by molar-refractivity contribution is -0.137. The Labute approximate surface area is 184 Å². The van der Waals surface area contributed by atoms with Crippen LogP contribution in [0.4, 0.5) is 19.0 Å². The van der Waals surface area contributed by atoms with Gasteiger partial charge in [-0.1, -0.05) is 6.92 Å². The fraction of sp³-hybridized carbons (Fsp3) is 0.667. The van der Waals surface area contributed by atoms with Crippen molar-refractivity contribution in [3.63, 3.8) is 0 Å². The molecule has 4 N–H and O–H groups in total. The first kappa shape index (κ1) is 22.8. The summed E-state index contributed by atoms with van der Waals surface area (Å²) in [6, 6.07) is 1.54. The van der Waals surface area contributed by atoms with Crippen LogP contribution in [0.25, 0.3) is 11.0 Å². The molecule has 0 bridgehead atoms. The Balaban J connectivity index is 1.22. The van der Waals surface area contributed by atoms with Crippen molar-refractivity contribution in [3.05, 3.63) is 17.8 Å². The van der Waals surface area contributed by atoms with E-state index in [1.165, 1.54) is 0 Å². The maximum absolute atomic E-state index is 12.9. The normalized spacial score (nSPS) is 23.7. The Morgan fingerprint density at radius 3 is 2.69 bits per heavy atom. The molecule has 0 radical (unpaired) electrons. The Hall–Kier alpha value is -2.40. The molecule has 176 valence electrons. The number of alkyl halides is 3. The van der Waals surface area contributed by atoms with Gasteiger partial charge in [0.2, 0.25) is 5.91 Å². The Kier molecular flexibility index (Phi) is 6.57. The third-order valence-corrected chi connectivity index (χ3v) is 6.66. The first-order chi connectivity index (χ1) is 15.2. The highest BCUT2D eigenvalue weighted by molar-refractivity contribution is 5.90. The second-order valence-electron chi connectivity index (χ2n) is 8.81. The topological polar surface area (TPSA) is 106 Å². The number of H-pyrrole nitrogens is 1. The summed E-state index contributed by atoms with van der Waals surface area (Å²) >= 11 is 0. The van der Waals surface area contributed by atoms with E-state index in [0.29, 0.717) is 12.0 Å². The molecular formula is C21H29F3N6O2. The molecule has 1 atom stereocenters. The minimum Gasteiger partial charge on any atom is -0.393 e. The number of rotatable bonds is 7. The molecule has 32 heavy (non-hydrogen) atoms. The van der Waals surface area contributed by atoms with Gasteiger partial charge in [-0.2, -0.15) is 18.3 Å². The monoisotopic (exact) mass is 454 g/mol. The molecule has 1 saturated carbocycles. The van der Waals surface area contributed by atoms with Crippen LogP contribution in [-0.4, -0.2) is 68.9 Å². The van der Waals surface area contributed by atoms with E-state index in [9.17, 15) is 23.1 Å². The molecule has 0 aromatic carbocycles. The summed E-state index contributed by atoms with van der Waals surface area (Å²) in [5, 5.41) is 22.4. The number of amides is 1.